The van der Waals surface area contributed by atoms with Crippen LogP contribution in [-0.4, -0.2) is 26.8 Å². The molecule has 2 radical (unpaired) electrons. The molecule has 4 nitrogen and oxygen atoms in total. The van der Waals surface area contributed by atoms with E-state index in [1.165, 1.54) is 0 Å². The third-order valence-electron chi connectivity index (χ3n) is 2.91. The summed E-state index contributed by atoms with van der Waals surface area (Å²) >= 11 is 2.34. The zero-order valence-corrected chi connectivity index (χ0v) is 13.0. The van der Waals surface area contributed by atoms with Gasteiger partial charge >= 0.3 is 131 Å². The molecule has 0 unspecified atom stereocenters. The van der Waals surface area contributed by atoms with Gasteiger partial charge in [0.25, 0.3) is 0 Å². The average molecular weight is 337 g/mol. The van der Waals surface area contributed by atoms with Gasteiger partial charge in [-0.15, -0.1) is 0 Å². The molecule has 0 spiro atoms. The molecule has 0 saturated carbocycles. The van der Waals surface area contributed by atoms with E-state index in [2.05, 4.69) is 26.8 Å². The van der Waals surface area contributed by atoms with Crippen LogP contribution in [0.5, 0.6) is 11.5 Å². The average Bonchev–Trinajstić information content (AvgIpc) is 2.50. The summed E-state index contributed by atoms with van der Waals surface area (Å²) in [5, 5.41) is 0. The number of hydrogen-bond acceptors (Lipinski definition) is 4. The van der Waals surface area contributed by atoms with Gasteiger partial charge in [0.05, 0.1) is 0 Å². The van der Waals surface area contributed by atoms with Crippen LogP contribution in [0.2, 0.25) is 0 Å². The van der Waals surface area contributed by atoms with Crippen LogP contribution in [-0.2, 0) is 0 Å². The maximum atomic E-state index is 5.94. The monoisotopic (exact) mass is 337 g/mol. The van der Waals surface area contributed by atoms with E-state index in [1.807, 2.05) is 54.6 Å². The van der Waals surface area contributed by atoms with E-state index in [-0.39, 0.29) is 0 Å². The number of ether oxygens (including phenoxy) is 1. The summed E-state index contributed by atoms with van der Waals surface area (Å²) in [5.74, 6) is 1.48. The van der Waals surface area contributed by atoms with Crippen LogP contribution in [0.4, 0.5) is 5.69 Å². The van der Waals surface area contributed by atoms with Gasteiger partial charge in [0, 0.05) is 0 Å². The molecular formula is C16H12AsN3O. The van der Waals surface area contributed by atoms with Crippen LogP contribution in [0.15, 0.2) is 60.8 Å². The summed E-state index contributed by atoms with van der Waals surface area (Å²) in [6.45, 7) is 0. The molecule has 0 amide bonds. The number of nitrogen functional groups attached to an aromatic ring is 1. The normalized spacial score (nSPS) is 10.3. The minimum absolute atomic E-state index is 0.669. The zero-order valence-electron chi connectivity index (χ0n) is 11.1. The first-order chi connectivity index (χ1) is 10.2. The van der Waals surface area contributed by atoms with Crippen LogP contribution in [0, 0.1) is 0 Å². The Morgan fingerprint density at radius 1 is 0.952 bits per heavy atom. The molecule has 1 aromatic heterocycles. The Labute approximate surface area is 131 Å². The van der Waals surface area contributed by atoms with Gasteiger partial charge in [0.1, 0.15) is 0 Å². The van der Waals surface area contributed by atoms with Gasteiger partial charge in [-0.1, -0.05) is 0 Å². The van der Waals surface area contributed by atoms with Crippen molar-refractivity contribution in [2.75, 3.05) is 5.73 Å². The zero-order chi connectivity index (χ0) is 14.7. The molecule has 0 saturated heterocycles. The van der Waals surface area contributed by atoms with Crippen molar-refractivity contribution in [3.05, 3.63) is 60.8 Å². The Bertz CT molecular complexity index is 759. The third-order valence-corrected chi connectivity index (χ3v) is 3.37. The minimum atomic E-state index is 0.669. The first kappa shape index (κ1) is 13.7. The van der Waals surface area contributed by atoms with Crippen molar-refractivity contribution >= 4 is 27.2 Å². The number of rotatable bonds is 3. The van der Waals surface area contributed by atoms with Crippen molar-refractivity contribution in [2.45, 2.75) is 0 Å². The molecule has 102 valence electrons. The fourth-order valence-electron chi connectivity index (χ4n) is 1.93. The molecule has 0 aliphatic heterocycles. The van der Waals surface area contributed by atoms with Gasteiger partial charge in [0.2, 0.25) is 0 Å². The second-order valence-corrected chi connectivity index (χ2v) is 5.25. The number of nitrogens with zero attached hydrogens (tertiary/aromatic N) is 2. The SMILES string of the molecule is Nc1ccc(Oc2ccccc2-c2ccnc([As])n2)cc1. The fourth-order valence-corrected chi connectivity index (χ4v) is 2.29. The first-order valence-electron chi connectivity index (χ1n) is 6.37. The summed E-state index contributed by atoms with van der Waals surface area (Å²) in [6.07, 6.45) is 1.73. The van der Waals surface area contributed by atoms with Gasteiger partial charge in [-0.3, -0.25) is 0 Å². The number of benzene rings is 2. The summed E-state index contributed by atoms with van der Waals surface area (Å²) in [6, 6.07) is 16.9. The Hall–Kier alpha value is -2.32. The van der Waals surface area contributed by atoms with Crippen LogP contribution in [0.1, 0.15) is 0 Å². The molecule has 5 heteroatoms. The van der Waals surface area contributed by atoms with Gasteiger partial charge in [-0.2, -0.15) is 0 Å². The Balaban J connectivity index is 1.98. The Morgan fingerprint density at radius 3 is 2.48 bits per heavy atom. The standard InChI is InChI=1S/C16H12AsN3O/c17-16-19-10-9-14(20-16)13-3-1-2-4-15(13)21-12-7-5-11(18)6-8-12/h1-10H,18H2. The van der Waals surface area contributed by atoms with Crippen molar-refractivity contribution in [1.29, 1.82) is 0 Å². The van der Waals surface area contributed by atoms with Gasteiger partial charge in [-0.25, -0.2) is 0 Å². The fraction of sp³-hybridized carbons (Fsp3) is 0. The van der Waals surface area contributed by atoms with Crippen molar-refractivity contribution < 1.29 is 4.74 Å². The Morgan fingerprint density at radius 2 is 1.71 bits per heavy atom. The molecule has 2 aromatic carbocycles. The Kier molecular flexibility index (Phi) is 3.89. The van der Waals surface area contributed by atoms with Gasteiger partial charge in [0.15, 0.2) is 0 Å². The summed E-state index contributed by atoms with van der Waals surface area (Å²) in [7, 11) is 0. The van der Waals surface area contributed by atoms with Crippen molar-refractivity contribution in [3.63, 3.8) is 0 Å². The molecule has 3 rings (SSSR count). The molecular weight excluding hydrogens is 325 g/mol. The maximum absolute atomic E-state index is 5.94. The quantitative estimate of drug-likeness (QED) is 0.589. The molecule has 2 N–H and O–H groups in total. The molecule has 21 heavy (non-hydrogen) atoms. The van der Waals surface area contributed by atoms with Gasteiger partial charge in [-0.05, 0) is 0 Å². The number of anilines is 1. The molecule has 3 aromatic rings. The van der Waals surface area contributed by atoms with Crippen molar-refractivity contribution in [3.8, 4) is 22.8 Å². The summed E-state index contributed by atoms with van der Waals surface area (Å²) in [4.78, 5) is 8.52. The van der Waals surface area contributed by atoms with E-state index in [0.29, 0.717) is 10.3 Å². The molecule has 0 atom stereocenters. The molecule has 0 aliphatic rings. The summed E-state index contributed by atoms with van der Waals surface area (Å²) in [5.41, 5.74) is 8.14. The molecule has 1 heterocycles. The van der Waals surface area contributed by atoms with E-state index in [4.69, 9.17) is 10.5 Å². The van der Waals surface area contributed by atoms with E-state index < -0.39 is 0 Å². The van der Waals surface area contributed by atoms with Crippen LogP contribution in [0.25, 0.3) is 11.3 Å². The number of para-hydroxylation sites is 1. The van der Waals surface area contributed by atoms with E-state index in [0.717, 1.165) is 22.8 Å². The number of hydrogen-bond donors (Lipinski definition) is 1. The van der Waals surface area contributed by atoms with Crippen LogP contribution in [0.3, 0.4) is 0 Å². The molecule has 0 bridgehead atoms. The number of aromatic nitrogens is 2. The van der Waals surface area contributed by atoms with Crippen LogP contribution < -0.4 is 15.1 Å². The first-order valence-corrected chi connectivity index (χ1v) is 7.31. The second-order valence-electron chi connectivity index (χ2n) is 4.41. The summed E-state index contributed by atoms with van der Waals surface area (Å²) < 4.78 is 6.61. The van der Waals surface area contributed by atoms with Gasteiger partial charge < -0.3 is 0 Å². The number of nitrogens with two attached hydrogens (primary N) is 1. The van der Waals surface area contributed by atoms with Crippen LogP contribution >= 0.6 is 0 Å². The molecule has 0 fully saturated rings. The van der Waals surface area contributed by atoms with E-state index in [1.54, 1.807) is 6.20 Å². The van der Waals surface area contributed by atoms with Crippen molar-refractivity contribution in [2.24, 2.45) is 0 Å². The second kappa shape index (κ2) is 5.98. The predicted molar refractivity (Wildman–Crippen MR) is 83.8 cm³/mol. The van der Waals surface area contributed by atoms with E-state index in [9.17, 15) is 0 Å². The topological polar surface area (TPSA) is 61.0 Å². The van der Waals surface area contributed by atoms with Crippen molar-refractivity contribution in [1.82, 2.24) is 9.97 Å². The third kappa shape index (κ3) is 3.23. The van der Waals surface area contributed by atoms with E-state index >= 15 is 0 Å². The predicted octanol–water partition coefficient (Wildman–Crippen LogP) is 2.31. The molecule has 0 aliphatic carbocycles.